The summed E-state index contributed by atoms with van der Waals surface area (Å²) < 4.78 is 5.20. The Morgan fingerprint density at radius 3 is 2.87 bits per heavy atom. The summed E-state index contributed by atoms with van der Waals surface area (Å²) in [6.45, 7) is 3.48. The van der Waals surface area contributed by atoms with E-state index >= 15 is 0 Å². The number of nitrogens with zero attached hydrogens (tertiary/aromatic N) is 3. The molecule has 0 unspecified atom stereocenters. The molecule has 7 heteroatoms. The molecule has 1 aromatic carbocycles. The zero-order valence-electron chi connectivity index (χ0n) is 17.8. The minimum Gasteiger partial charge on any atom is -0.497 e. The van der Waals surface area contributed by atoms with Crippen molar-refractivity contribution >= 4 is 17.5 Å². The van der Waals surface area contributed by atoms with Crippen molar-refractivity contribution in [3.8, 4) is 5.75 Å². The number of benzene rings is 1. The molecule has 2 heterocycles. The quantitative estimate of drug-likeness (QED) is 0.721. The number of ether oxygens (including phenoxy) is 1. The second kappa shape index (κ2) is 10.7. The maximum absolute atomic E-state index is 12.6. The van der Waals surface area contributed by atoms with E-state index in [1.165, 1.54) is 0 Å². The van der Waals surface area contributed by atoms with Gasteiger partial charge in [-0.1, -0.05) is 0 Å². The van der Waals surface area contributed by atoms with Crippen molar-refractivity contribution < 1.29 is 14.3 Å². The predicted molar refractivity (Wildman–Crippen MR) is 115 cm³/mol. The van der Waals surface area contributed by atoms with Gasteiger partial charge in [-0.15, -0.1) is 0 Å². The Kier molecular flexibility index (Phi) is 7.76. The molecule has 3 rings (SSSR count). The number of aryl methyl sites for hydroxylation is 2. The van der Waals surface area contributed by atoms with Crippen LogP contribution in [0.3, 0.4) is 0 Å². The summed E-state index contributed by atoms with van der Waals surface area (Å²) in [7, 11) is 1.63. The number of carbonyl (C=O) groups excluding carboxylic acids is 2. The molecule has 0 saturated carbocycles. The lowest BCUT2D eigenvalue weighted by atomic mass is 9.93. The zero-order valence-corrected chi connectivity index (χ0v) is 17.8. The van der Waals surface area contributed by atoms with E-state index < -0.39 is 0 Å². The molecule has 0 radical (unpaired) electrons. The zero-order chi connectivity index (χ0) is 21.3. The summed E-state index contributed by atoms with van der Waals surface area (Å²) in [5.41, 5.74) is 2.62. The largest absolute Gasteiger partial charge is 0.497 e. The Hall–Kier alpha value is -2.96. The lowest BCUT2D eigenvalue weighted by Crippen LogP contribution is -2.40. The van der Waals surface area contributed by atoms with Crippen LogP contribution in [-0.4, -0.2) is 46.9 Å². The van der Waals surface area contributed by atoms with Crippen molar-refractivity contribution in [3.05, 3.63) is 48.0 Å². The van der Waals surface area contributed by atoms with Crippen LogP contribution in [0.1, 0.15) is 43.4 Å². The predicted octanol–water partition coefficient (Wildman–Crippen LogP) is 3.38. The number of hydrogen-bond donors (Lipinski definition) is 1. The van der Waals surface area contributed by atoms with Crippen molar-refractivity contribution in [3.63, 3.8) is 0 Å². The minimum absolute atomic E-state index is 0.00867. The van der Waals surface area contributed by atoms with Gasteiger partial charge in [-0.2, -0.15) is 0 Å². The third kappa shape index (κ3) is 6.27. The highest BCUT2D eigenvalue weighted by Crippen LogP contribution is 2.24. The molecule has 30 heavy (non-hydrogen) atoms. The van der Waals surface area contributed by atoms with Crippen molar-refractivity contribution in [1.29, 1.82) is 0 Å². The fraction of sp³-hybridized carbons (Fsp3) is 0.478. The number of carbonyl (C=O) groups is 2. The van der Waals surface area contributed by atoms with E-state index in [2.05, 4.69) is 15.3 Å². The number of piperidine rings is 1. The Balaban J connectivity index is 1.43. The SMILES string of the molecule is COc1ccc(NC(=O)CC[C@H]2CCCN(C(=O)CCc3cnccn3)C2)c(C)c1. The molecule has 160 valence electrons. The van der Waals surface area contributed by atoms with Gasteiger partial charge in [0, 0.05) is 50.2 Å². The Bertz CT molecular complexity index is 857. The summed E-state index contributed by atoms with van der Waals surface area (Å²) in [6.07, 6.45) is 9.33. The monoisotopic (exact) mass is 410 g/mol. The van der Waals surface area contributed by atoms with Crippen LogP contribution in [0.15, 0.2) is 36.8 Å². The Morgan fingerprint density at radius 2 is 2.13 bits per heavy atom. The van der Waals surface area contributed by atoms with Gasteiger partial charge >= 0.3 is 0 Å². The first-order valence-corrected chi connectivity index (χ1v) is 10.5. The van der Waals surface area contributed by atoms with Crippen LogP contribution >= 0.6 is 0 Å². The van der Waals surface area contributed by atoms with Gasteiger partial charge in [-0.25, -0.2) is 0 Å². The van der Waals surface area contributed by atoms with Gasteiger partial charge in [0.2, 0.25) is 11.8 Å². The first-order chi connectivity index (χ1) is 14.5. The molecule has 0 aliphatic carbocycles. The summed E-state index contributed by atoms with van der Waals surface area (Å²) in [5.74, 6) is 1.30. The molecule has 0 spiro atoms. The Labute approximate surface area is 177 Å². The second-order valence-corrected chi connectivity index (χ2v) is 7.81. The van der Waals surface area contributed by atoms with Crippen LogP contribution < -0.4 is 10.1 Å². The third-order valence-electron chi connectivity index (χ3n) is 5.57. The van der Waals surface area contributed by atoms with Crippen LogP contribution in [-0.2, 0) is 16.0 Å². The molecule has 0 bridgehead atoms. The van der Waals surface area contributed by atoms with Crippen molar-refractivity contribution in [1.82, 2.24) is 14.9 Å². The molecule has 1 aromatic heterocycles. The molecular weight excluding hydrogens is 380 g/mol. The fourth-order valence-electron chi connectivity index (χ4n) is 3.83. The molecule has 2 amide bonds. The highest BCUT2D eigenvalue weighted by molar-refractivity contribution is 5.91. The van der Waals surface area contributed by atoms with E-state index in [1.807, 2.05) is 30.0 Å². The highest BCUT2D eigenvalue weighted by Gasteiger charge is 2.24. The van der Waals surface area contributed by atoms with Gasteiger partial charge < -0.3 is 15.0 Å². The van der Waals surface area contributed by atoms with E-state index in [9.17, 15) is 9.59 Å². The van der Waals surface area contributed by atoms with Crippen molar-refractivity contribution in [2.24, 2.45) is 5.92 Å². The maximum atomic E-state index is 12.6. The van der Waals surface area contributed by atoms with E-state index in [4.69, 9.17) is 4.74 Å². The Morgan fingerprint density at radius 1 is 1.27 bits per heavy atom. The second-order valence-electron chi connectivity index (χ2n) is 7.81. The number of hydrogen-bond acceptors (Lipinski definition) is 5. The van der Waals surface area contributed by atoms with E-state index in [0.717, 1.165) is 55.0 Å². The van der Waals surface area contributed by atoms with Gasteiger partial charge in [0.05, 0.1) is 12.8 Å². The van der Waals surface area contributed by atoms with Gasteiger partial charge in [0.1, 0.15) is 5.75 Å². The summed E-state index contributed by atoms with van der Waals surface area (Å²) in [4.78, 5) is 35.2. The van der Waals surface area contributed by atoms with E-state index in [1.54, 1.807) is 25.7 Å². The highest BCUT2D eigenvalue weighted by atomic mass is 16.5. The molecule has 1 aliphatic rings. The average molecular weight is 411 g/mol. The van der Waals surface area contributed by atoms with Crippen LogP contribution in [0.2, 0.25) is 0 Å². The molecule has 1 saturated heterocycles. The van der Waals surface area contributed by atoms with Crippen molar-refractivity contribution in [2.45, 2.75) is 45.4 Å². The number of rotatable bonds is 8. The molecular formula is C23H30N4O3. The molecule has 1 N–H and O–H groups in total. The standard InChI is InChI=1S/C23H30N4O3/c1-17-14-20(30-2)7-8-21(17)26-22(28)9-5-18-4-3-13-27(16-18)23(29)10-6-19-15-24-11-12-25-19/h7-8,11-12,14-15,18H,3-6,9-10,13,16H2,1-2H3,(H,26,28)/t18-/m1/s1. The average Bonchev–Trinajstić information content (AvgIpc) is 2.78. The maximum Gasteiger partial charge on any atom is 0.224 e. The summed E-state index contributed by atoms with van der Waals surface area (Å²) in [5, 5.41) is 2.99. The topological polar surface area (TPSA) is 84.4 Å². The molecule has 7 nitrogen and oxygen atoms in total. The number of amides is 2. The molecule has 2 aromatic rings. The number of aromatic nitrogens is 2. The molecule has 1 aliphatic heterocycles. The van der Waals surface area contributed by atoms with Gasteiger partial charge in [-0.05, 0) is 62.3 Å². The van der Waals surface area contributed by atoms with Crippen LogP contribution in [0.4, 0.5) is 5.69 Å². The number of anilines is 1. The molecule has 1 atom stereocenters. The number of methoxy groups -OCH3 is 1. The summed E-state index contributed by atoms with van der Waals surface area (Å²) >= 11 is 0. The minimum atomic E-state index is 0.00867. The first-order valence-electron chi connectivity index (χ1n) is 10.5. The lowest BCUT2D eigenvalue weighted by Gasteiger charge is -2.33. The van der Waals surface area contributed by atoms with Gasteiger partial charge in [0.15, 0.2) is 0 Å². The van der Waals surface area contributed by atoms with Crippen LogP contribution in [0.5, 0.6) is 5.75 Å². The van der Waals surface area contributed by atoms with Crippen molar-refractivity contribution in [2.75, 3.05) is 25.5 Å². The molecule has 1 fully saturated rings. The summed E-state index contributed by atoms with van der Waals surface area (Å²) in [6, 6.07) is 5.61. The van der Waals surface area contributed by atoms with E-state index in [-0.39, 0.29) is 11.8 Å². The fourth-order valence-corrected chi connectivity index (χ4v) is 3.83. The van der Waals surface area contributed by atoms with E-state index in [0.29, 0.717) is 25.2 Å². The number of likely N-dealkylation sites (tertiary alicyclic amines) is 1. The lowest BCUT2D eigenvalue weighted by molar-refractivity contribution is -0.133. The van der Waals surface area contributed by atoms with Gasteiger partial charge in [-0.3, -0.25) is 19.6 Å². The smallest absolute Gasteiger partial charge is 0.224 e. The third-order valence-corrected chi connectivity index (χ3v) is 5.57. The normalized spacial score (nSPS) is 16.2. The van der Waals surface area contributed by atoms with Crippen LogP contribution in [0.25, 0.3) is 0 Å². The first kappa shape index (κ1) is 21.7. The van der Waals surface area contributed by atoms with Gasteiger partial charge in [0.25, 0.3) is 0 Å². The van der Waals surface area contributed by atoms with Crippen LogP contribution in [0, 0.1) is 12.8 Å². The number of nitrogens with one attached hydrogen (secondary N) is 1.